The first-order chi connectivity index (χ1) is 8.58. The number of benzene rings is 1. The lowest BCUT2D eigenvalue weighted by Crippen LogP contribution is -2.24. The maximum atomic E-state index is 12.9. The molecule has 1 aromatic heterocycles. The van der Waals surface area contributed by atoms with Crippen LogP contribution in [0.15, 0.2) is 41.0 Å². The van der Waals surface area contributed by atoms with E-state index in [9.17, 15) is 9.18 Å². The second-order valence-corrected chi connectivity index (χ2v) is 4.77. The normalized spacial score (nSPS) is 10.4. The summed E-state index contributed by atoms with van der Waals surface area (Å²) in [5.74, 6) is -0.607. The maximum Gasteiger partial charge on any atom is 0.252 e. The smallest absolute Gasteiger partial charge is 0.252 e. The van der Waals surface area contributed by atoms with Crippen LogP contribution >= 0.6 is 15.9 Å². The van der Waals surface area contributed by atoms with Gasteiger partial charge in [-0.05, 0) is 46.3 Å². The van der Waals surface area contributed by atoms with Crippen molar-refractivity contribution in [1.82, 2.24) is 9.88 Å². The van der Waals surface area contributed by atoms with Crippen molar-refractivity contribution in [2.45, 2.75) is 6.54 Å². The van der Waals surface area contributed by atoms with Gasteiger partial charge >= 0.3 is 0 Å². The number of rotatable bonds is 3. The largest absolute Gasteiger partial charge is 0.353 e. The molecule has 0 aliphatic heterocycles. The van der Waals surface area contributed by atoms with E-state index in [4.69, 9.17) is 0 Å². The van der Waals surface area contributed by atoms with E-state index in [0.29, 0.717) is 16.6 Å². The lowest BCUT2D eigenvalue weighted by molar-refractivity contribution is 0.0949. The Hall–Kier alpha value is -1.62. The number of nitrogens with zero attached hydrogens (tertiary/aromatic N) is 1. The Bertz CT molecular complexity index is 580. The fourth-order valence-corrected chi connectivity index (χ4v) is 2.15. The first-order valence-corrected chi connectivity index (χ1v) is 6.20. The fourth-order valence-electron chi connectivity index (χ4n) is 1.62. The molecule has 94 valence electrons. The number of hydrogen-bond acceptors (Lipinski definition) is 1. The Morgan fingerprint density at radius 1 is 1.44 bits per heavy atom. The number of carbonyl (C=O) groups is 1. The Morgan fingerprint density at radius 3 is 2.83 bits per heavy atom. The number of aromatic nitrogens is 1. The monoisotopic (exact) mass is 310 g/mol. The summed E-state index contributed by atoms with van der Waals surface area (Å²) < 4.78 is 15.3. The summed E-state index contributed by atoms with van der Waals surface area (Å²) in [6.07, 6.45) is 1.91. The van der Waals surface area contributed by atoms with Gasteiger partial charge in [0.25, 0.3) is 5.91 Å². The number of aryl methyl sites for hydroxylation is 1. The molecular formula is C13H12BrFN2O. The van der Waals surface area contributed by atoms with Crippen molar-refractivity contribution in [3.8, 4) is 0 Å². The summed E-state index contributed by atoms with van der Waals surface area (Å²) in [4.78, 5) is 11.9. The quantitative estimate of drug-likeness (QED) is 0.929. The molecule has 0 aliphatic carbocycles. The zero-order valence-electron chi connectivity index (χ0n) is 9.78. The molecule has 1 heterocycles. The molecule has 0 spiro atoms. The summed E-state index contributed by atoms with van der Waals surface area (Å²) in [5, 5.41) is 2.79. The molecule has 3 nitrogen and oxygen atoms in total. The summed E-state index contributed by atoms with van der Waals surface area (Å²) in [7, 11) is 1.91. The van der Waals surface area contributed by atoms with Crippen molar-refractivity contribution in [3.05, 3.63) is 58.1 Å². The van der Waals surface area contributed by atoms with Gasteiger partial charge in [-0.2, -0.15) is 0 Å². The third-order valence-electron chi connectivity index (χ3n) is 2.66. The molecule has 0 aliphatic rings. The summed E-state index contributed by atoms with van der Waals surface area (Å²) >= 11 is 3.17. The molecule has 0 radical (unpaired) electrons. The van der Waals surface area contributed by atoms with Crippen LogP contribution in [0, 0.1) is 5.82 Å². The number of halogens is 2. The maximum absolute atomic E-state index is 12.9. The molecule has 1 aromatic carbocycles. The molecule has 0 saturated heterocycles. The minimum absolute atomic E-state index is 0.233. The molecule has 0 atom stereocenters. The van der Waals surface area contributed by atoms with Crippen LogP contribution in [0.4, 0.5) is 4.39 Å². The summed E-state index contributed by atoms with van der Waals surface area (Å²) in [6, 6.07) is 7.84. The van der Waals surface area contributed by atoms with E-state index in [1.807, 2.05) is 29.9 Å². The van der Waals surface area contributed by atoms with Crippen LogP contribution in [0.1, 0.15) is 16.1 Å². The van der Waals surface area contributed by atoms with Gasteiger partial charge in [-0.25, -0.2) is 4.39 Å². The van der Waals surface area contributed by atoms with Gasteiger partial charge in [-0.1, -0.05) is 0 Å². The van der Waals surface area contributed by atoms with Crippen LogP contribution in [-0.2, 0) is 13.6 Å². The molecule has 0 fully saturated rings. The topological polar surface area (TPSA) is 34.0 Å². The molecular weight excluding hydrogens is 299 g/mol. The van der Waals surface area contributed by atoms with E-state index in [1.165, 1.54) is 18.2 Å². The van der Waals surface area contributed by atoms with Gasteiger partial charge in [-0.15, -0.1) is 0 Å². The molecule has 1 amide bonds. The number of hydrogen-bond donors (Lipinski definition) is 1. The molecule has 0 bridgehead atoms. The van der Waals surface area contributed by atoms with Gasteiger partial charge in [0.05, 0.1) is 12.1 Å². The van der Waals surface area contributed by atoms with Crippen LogP contribution in [-0.4, -0.2) is 10.5 Å². The zero-order chi connectivity index (χ0) is 13.1. The minimum Gasteiger partial charge on any atom is -0.353 e. The number of nitrogens with one attached hydrogen (secondary N) is 1. The van der Waals surface area contributed by atoms with Crippen molar-refractivity contribution in [2.24, 2.45) is 7.05 Å². The Labute approximate surface area is 113 Å². The molecule has 2 aromatic rings. The highest BCUT2D eigenvalue weighted by atomic mass is 79.9. The zero-order valence-corrected chi connectivity index (χ0v) is 11.4. The highest BCUT2D eigenvalue weighted by Crippen LogP contribution is 2.17. The fraction of sp³-hybridized carbons (Fsp3) is 0.154. The highest BCUT2D eigenvalue weighted by molar-refractivity contribution is 9.10. The van der Waals surface area contributed by atoms with E-state index in [-0.39, 0.29) is 11.7 Å². The molecule has 18 heavy (non-hydrogen) atoms. The standard InChI is InChI=1S/C13H12BrFN2O/c1-17-6-2-3-10(17)8-16-13(18)11-5-4-9(15)7-12(11)14/h2-7H,8H2,1H3,(H,16,18). The van der Waals surface area contributed by atoms with Crippen LogP contribution < -0.4 is 5.32 Å². The molecule has 0 saturated carbocycles. The van der Waals surface area contributed by atoms with Crippen LogP contribution in [0.5, 0.6) is 0 Å². The van der Waals surface area contributed by atoms with Crippen LogP contribution in [0.2, 0.25) is 0 Å². The molecule has 2 rings (SSSR count). The van der Waals surface area contributed by atoms with Gasteiger partial charge in [-0.3, -0.25) is 4.79 Å². The second-order valence-electron chi connectivity index (χ2n) is 3.92. The van der Waals surface area contributed by atoms with E-state index in [2.05, 4.69) is 21.2 Å². The van der Waals surface area contributed by atoms with Crippen molar-refractivity contribution in [3.63, 3.8) is 0 Å². The van der Waals surface area contributed by atoms with Crippen LogP contribution in [0.3, 0.4) is 0 Å². The predicted molar refractivity (Wildman–Crippen MR) is 70.7 cm³/mol. The van der Waals surface area contributed by atoms with Gasteiger partial charge in [0.1, 0.15) is 5.82 Å². The Morgan fingerprint density at radius 2 is 2.22 bits per heavy atom. The Balaban J connectivity index is 2.06. The van der Waals surface area contributed by atoms with Gasteiger partial charge in [0.15, 0.2) is 0 Å². The van der Waals surface area contributed by atoms with Gasteiger partial charge in [0, 0.05) is 23.4 Å². The number of carbonyl (C=O) groups excluding carboxylic acids is 1. The van der Waals surface area contributed by atoms with Gasteiger partial charge in [0.2, 0.25) is 0 Å². The van der Waals surface area contributed by atoms with Crippen molar-refractivity contribution < 1.29 is 9.18 Å². The van der Waals surface area contributed by atoms with E-state index >= 15 is 0 Å². The van der Waals surface area contributed by atoms with E-state index in [1.54, 1.807) is 0 Å². The molecule has 5 heteroatoms. The summed E-state index contributed by atoms with van der Waals surface area (Å²) in [5.41, 5.74) is 1.42. The first-order valence-electron chi connectivity index (χ1n) is 5.41. The third kappa shape index (κ3) is 2.79. The van der Waals surface area contributed by atoms with Crippen molar-refractivity contribution >= 4 is 21.8 Å². The van der Waals surface area contributed by atoms with Crippen LogP contribution in [0.25, 0.3) is 0 Å². The average Bonchev–Trinajstić information content (AvgIpc) is 2.72. The highest BCUT2D eigenvalue weighted by Gasteiger charge is 2.10. The van der Waals surface area contributed by atoms with E-state index < -0.39 is 0 Å². The molecule has 1 N–H and O–H groups in total. The van der Waals surface area contributed by atoms with Crippen molar-refractivity contribution in [2.75, 3.05) is 0 Å². The minimum atomic E-state index is -0.374. The lowest BCUT2D eigenvalue weighted by atomic mass is 10.2. The SMILES string of the molecule is Cn1cccc1CNC(=O)c1ccc(F)cc1Br. The first kappa shape index (κ1) is 12.8. The number of amides is 1. The van der Waals surface area contributed by atoms with Gasteiger partial charge < -0.3 is 9.88 Å². The average molecular weight is 311 g/mol. The second kappa shape index (κ2) is 5.35. The van der Waals surface area contributed by atoms with Crippen molar-refractivity contribution in [1.29, 1.82) is 0 Å². The lowest BCUT2D eigenvalue weighted by Gasteiger charge is -2.07. The van der Waals surface area contributed by atoms with E-state index in [0.717, 1.165) is 5.69 Å². The predicted octanol–water partition coefficient (Wildman–Crippen LogP) is 2.86. The third-order valence-corrected chi connectivity index (χ3v) is 3.31. The Kier molecular flexibility index (Phi) is 3.81. The molecule has 0 unspecified atom stereocenters. The summed E-state index contributed by atoms with van der Waals surface area (Å²) in [6.45, 7) is 0.437.